The van der Waals surface area contributed by atoms with Crippen molar-refractivity contribution in [2.75, 3.05) is 6.61 Å². The van der Waals surface area contributed by atoms with Gasteiger partial charge in [0.1, 0.15) is 12.2 Å². The molecule has 0 aliphatic carbocycles. The third kappa shape index (κ3) is 1.98. The summed E-state index contributed by atoms with van der Waals surface area (Å²) < 4.78 is 5.42. The van der Waals surface area contributed by atoms with E-state index in [4.69, 9.17) is 9.84 Å². The second-order valence-corrected chi connectivity index (χ2v) is 3.96. The van der Waals surface area contributed by atoms with E-state index in [1.807, 2.05) is 0 Å². The van der Waals surface area contributed by atoms with Crippen molar-refractivity contribution in [3.05, 3.63) is 24.3 Å². The summed E-state index contributed by atoms with van der Waals surface area (Å²) in [7, 11) is 0. The van der Waals surface area contributed by atoms with Crippen molar-refractivity contribution >= 4 is 12.6 Å². The van der Waals surface area contributed by atoms with E-state index < -0.39 is 23.6 Å². The van der Waals surface area contributed by atoms with Crippen LogP contribution in [0.4, 0.5) is 0 Å². The van der Waals surface area contributed by atoms with Crippen molar-refractivity contribution in [1.29, 1.82) is 0 Å². The number of ether oxygens (including phenoxy) is 1. The van der Waals surface area contributed by atoms with Crippen LogP contribution in [0.15, 0.2) is 18.5 Å². The molecule has 6 heteroatoms. The van der Waals surface area contributed by atoms with Gasteiger partial charge in [0, 0.05) is 12.4 Å². The fourth-order valence-corrected chi connectivity index (χ4v) is 1.97. The molecule has 1 aliphatic heterocycles. The highest BCUT2D eigenvalue weighted by Crippen LogP contribution is 2.34. The van der Waals surface area contributed by atoms with Gasteiger partial charge >= 0.3 is 0 Å². The van der Waals surface area contributed by atoms with Gasteiger partial charge in [-0.2, -0.15) is 12.6 Å². The summed E-state index contributed by atoms with van der Waals surface area (Å²) in [6, 6.07) is 1.70. The highest BCUT2D eigenvalue weighted by Gasteiger charge is 2.43. The van der Waals surface area contributed by atoms with E-state index in [2.05, 4.69) is 22.6 Å². The Labute approximate surface area is 92.5 Å². The SMILES string of the molecule is OC[C@H]1OC(c2ncccn2)[C@H](S)[C@@H]1O. The maximum atomic E-state index is 9.67. The molecule has 1 aliphatic rings. The molecule has 15 heavy (non-hydrogen) atoms. The molecule has 2 heterocycles. The molecule has 1 aromatic heterocycles. The van der Waals surface area contributed by atoms with Crippen molar-refractivity contribution in [3.8, 4) is 0 Å². The van der Waals surface area contributed by atoms with Crippen LogP contribution in [0.5, 0.6) is 0 Å². The Hall–Kier alpha value is -0.690. The monoisotopic (exact) mass is 228 g/mol. The van der Waals surface area contributed by atoms with E-state index in [1.165, 1.54) is 0 Å². The van der Waals surface area contributed by atoms with Gasteiger partial charge in [-0.25, -0.2) is 9.97 Å². The molecule has 0 saturated carbocycles. The highest BCUT2D eigenvalue weighted by atomic mass is 32.1. The van der Waals surface area contributed by atoms with Gasteiger partial charge in [0.15, 0.2) is 5.82 Å². The van der Waals surface area contributed by atoms with Crippen molar-refractivity contribution in [2.24, 2.45) is 0 Å². The average molecular weight is 228 g/mol. The fourth-order valence-electron chi connectivity index (χ4n) is 1.57. The van der Waals surface area contributed by atoms with Crippen molar-refractivity contribution in [1.82, 2.24) is 9.97 Å². The fraction of sp³-hybridized carbons (Fsp3) is 0.556. The quantitative estimate of drug-likeness (QED) is 0.599. The van der Waals surface area contributed by atoms with E-state index in [-0.39, 0.29) is 6.61 Å². The van der Waals surface area contributed by atoms with Gasteiger partial charge in [-0.1, -0.05) is 0 Å². The van der Waals surface area contributed by atoms with Crippen LogP contribution in [-0.2, 0) is 4.74 Å². The predicted molar refractivity (Wildman–Crippen MR) is 55.5 cm³/mol. The van der Waals surface area contributed by atoms with Gasteiger partial charge in [-0.3, -0.25) is 0 Å². The number of aromatic nitrogens is 2. The molecule has 1 unspecified atom stereocenters. The van der Waals surface area contributed by atoms with E-state index in [1.54, 1.807) is 18.5 Å². The van der Waals surface area contributed by atoms with Crippen LogP contribution in [0, 0.1) is 0 Å². The van der Waals surface area contributed by atoms with Crippen LogP contribution in [0.1, 0.15) is 11.9 Å². The average Bonchev–Trinajstić information content (AvgIpc) is 2.57. The summed E-state index contributed by atoms with van der Waals surface area (Å²) >= 11 is 4.24. The second kappa shape index (κ2) is 4.44. The number of aliphatic hydroxyl groups is 2. The first-order chi connectivity index (χ1) is 7.24. The van der Waals surface area contributed by atoms with Gasteiger partial charge in [0.05, 0.1) is 18.0 Å². The lowest BCUT2D eigenvalue weighted by molar-refractivity contribution is -0.0247. The Kier molecular flexibility index (Phi) is 3.20. The summed E-state index contributed by atoms with van der Waals surface area (Å²) in [5.74, 6) is 0.479. The Balaban J connectivity index is 2.19. The van der Waals surface area contributed by atoms with E-state index >= 15 is 0 Å². The minimum Gasteiger partial charge on any atom is -0.394 e. The lowest BCUT2D eigenvalue weighted by atomic mass is 10.1. The molecule has 1 fully saturated rings. The summed E-state index contributed by atoms with van der Waals surface area (Å²) in [6.45, 7) is -0.235. The summed E-state index contributed by atoms with van der Waals surface area (Å²) in [4.78, 5) is 8.07. The number of hydrogen-bond acceptors (Lipinski definition) is 6. The first-order valence-electron chi connectivity index (χ1n) is 4.63. The normalized spacial score (nSPS) is 35.7. The molecule has 0 spiro atoms. The first kappa shape index (κ1) is 10.8. The van der Waals surface area contributed by atoms with Gasteiger partial charge < -0.3 is 14.9 Å². The second-order valence-electron chi connectivity index (χ2n) is 3.37. The van der Waals surface area contributed by atoms with E-state index in [0.29, 0.717) is 5.82 Å². The number of rotatable bonds is 2. The molecule has 5 nitrogen and oxygen atoms in total. The van der Waals surface area contributed by atoms with Gasteiger partial charge in [0.2, 0.25) is 0 Å². The summed E-state index contributed by atoms with van der Waals surface area (Å²) in [6.07, 6.45) is 1.32. The van der Waals surface area contributed by atoms with Crippen LogP contribution >= 0.6 is 12.6 Å². The first-order valence-corrected chi connectivity index (χ1v) is 5.15. The smallest absolute Gasteiger partial charge is 0.158 e. The van der Waals surface area contributed by atoms with Gasteiger partial charge in [-0.15, -0.1) is 0 Å². The molecule has 82 valence electrons. The van der Waals surface area contributed by atoms with Gasteiger partial charge in [-0.05, 0) is 6.07 Å². The maximum absolute atomic E-state index is 9.67. The molecule has 0 amide bonds. The van der Waals surface area contributed by atoms with E-state index in [9.17, 15) is 5.11 Å². The lowest BCUT2D eigenvalue weighted by Gasteiger charge is -2.12. The molecular formula is C9H12N2O3S. The van der Waals surface area contributed by atoms with Crippen molar-refractivity contribution in [2.45, 2.75) is 23.6 Å². The largest absolute Gasteiger partial charge is 0.394 e. The molecule has 0 aromatic carbocycles. The predicted octanol–water partition coefficient (Wildman–Crippen LogP) is -0.432. The zero-order valence-corrected chi connectivity index (χ0v) is 8.79. The lowest BCUT2D eigenvalue weighted by Crippen LogP contribution is -2.29. The number of aliphatic hydroxyl groups excluding tert-OH is 2. The topological polar surface area (TPSA) is 75.5 Å². The number of nitrogens with zero attached hydrogens (tertiary/aromatic N) is 2. The molecule has 4 atom stereocenters. The standard InChI is InChI=1S/C9H12N2O3S/c12-4-5-6(13)8(15)7(14-5)9-10-2-1-3-11-9/h1-3,5-8,12-13,15H,4H2/t5-,6-,7?,8-/m1/s1. The zero-order chi connectivity index (χ0) is 10.8. The van der Waals surface area contributed by atoms with Crippen LogP contribution in [0.3, 0.4) is 0 Å². The Morgan fingerprint density at radius 2 is 2.07 bits per heavy atom. The molecule has 2 N–H and O–H groups in total. The molecule has 0 bridgehead atoms. The zero-order valence-electron chi connectivity index (χ0n) is 7.89. The van der Waals surface area contributed by atoms with E-state index in [0.717, 1.165) is 0 Å². The Morgan fingerprint density at radius 1 is 1.40 bits per heavy atom. The van der Waals surface area contributed by atoms with Crippen LogP contribution in [0.25, 0.3) is 0 Å². The van der Waals surface area contributed by atoms with Gasteiger partial charge in [0.25, 0.3) is 0 Å². The van der Waals surface area contributed by atoms with Crippen LogP contribution in [0.2, 0.25) is 0 Å². The summed E-state index contributed by atoms with van der Waals surface area (Å²) in [5.41, 5.74) is 0. The van der Waals surface area contributed by atoms with Crippen LogP contribution < -0.4 is 0 Å². The van der Waals surface area contributed by atoms with Crippen molar-refractivity contribution < 1.29 is 14.9 Å². The molecule has 1 aromatic rings. The number of thiol groups is 1. The Morgan fingerprint density at radius 3 is 2.60 bits per heavy atom. The van der Waals surface area contributed by atoms with Crippen molar-refractivity contribution in [3.63, 3.8) is 0 Å². The Bertz CT molecular complexity index is 324. The maximum Gasteiger partial charge on any atom is 0.158 e. The third-order valence-electron chi connectivity index (χ3n) is 2.38. The summed E-state index contributed by atoms with van der Waals surface area (Å²) in [5, 5.41) is 18.2. The minimum absolute atomic E-state index is 0.235. The van der Waals surface area contributed by atoms with Crippen LogP contribution in [-0.4, -0.2) is 44.2 Å². The highest BCUT2D eigenvalue weighted by molar-refractivity contribution is 7.81. The molecule has 1 saturated heterocycles. The minimum atomic E-state index is -0.799. The molecular weight excluding hydrogens is 216 g/mol. The molecule has 0 radical (unpaired) electrons. The third-order valence-corrected chi connectivity index (χ3v) is 2.96. The molecule has 2 rings (SSSR count). The number of hydrogen-bond donors (Lipinski definition) is 3.